The fourth-order valence-electron chi connectivity index (χ4n) is 2.43. The van der Waals surface area contributed by atoms with Crippen LogP contribution in [0.3, 0.4) is 0 Å². The molecule has 0 aliphatic heterocycles. The molecule has 2 aromatic rings. The van der Waals surface area contributed by atoms with Crippen LogP contribution in [0, 0.1) is 5.92 Å². The fraction of sp³-hybridized carbons (Fsp3) is 0.417. The highest BCUT2D eigenvalue weighted by atomic mass is 79.9. The van der Waals surface area contributed by atoms with Crippen molar-refractivity contribution in [1.82, 2.24) is 8.96 Å². The highest BCUT2D eigenvalue weighted by Gasteiger charge is 2.33. The van der Waals surface area contributed by atoms with Crippen molar-refractivity contribution in [2.75, 3.05) is 6.61 Å². The minimum atomic E-state index is 0.0944. The summed E-state index contributed by atoms with van der Waals surface area (Å²) in [7, 11) is 0. The number of aliphatic hydroxyl groups excluding tert-OH is 1. The van der Waals surface area contributed by atoms with Crippen molar-refractivity contribution in [3.8, 4) is 0 Å². The maximum atomic E-state index is 12.9. The van der Waals surface area contributed by atoms with Gasteiger partial charge in [-0.25, -0.2) is 8.96 Å². The number of nitrogens with zero attached hydrogens (tertiary/aromatic N) is 2. The summed E-state index contributed by atoms with van der Waals surface area (Å²) < 4.78 is 15.2. The topological polar surface area (TPSA) is 38.0 Å². The molecule has 1 unspecified atom stereocenters. The zero-order valence-corrected chi connectivity index (χ0v) is 11.9. The number of aliphatic hydroxyl groups is 1. The van der Waals surface area contributed by atoms with Crippen molar-refractivity contribution in [3.63, 3.8) is 0 Å². The first-order valence-electron chi connectivity index (χ1n) is 5.81. The molecule has 1 fully saturated rings. The predicted molar refractivity (Wildman–Crippen MR) is 74.1 cm³/mol. The van der Waals surface area contributed by atoms with Crippen molar-refractivity contribution in [2.24, 2.45) is 5.92 Å². The van der Waals surface area contributed by atoms with Gasteiger partial charge in [-0.1, -0.05) is 0 Å². The average molecular weight is 331 g/mol. The molecule has 1 N–H and O–H groups in total. The standard InChI is InChI=1S/C12H12BrFN2OS/c13-8-3-9-10(11(6-17)7-1-2-7)5-16(18-14)12(9)15-4-8/h3-5,7,11,17H,1-2,6H2. The van der Waals surface area contributed by atoms with Gasteiger partial charge in [0.05, 0.1) is 6.61 Å². The summed E-state index contributed by atoms with van der Waals surface area (Å²) in [6.07, 6.45) is 5.70. The van der Waals surface area contributed by atoms with Gasteiger partial charge in [0, 0.05) is 28.2 Å². The maximum absolute atomic E-state index is 12.9. The third-order valence-corrected chi connectivity index (χ3v) is 4.33. The van der Waals surface area contributed by atoms with E-state index in [1.165, 1.54) is 3.97 Å². The molecule has 1 saturated carbocycles. The second-order valence-electron chi connectivity index (χ2n) is 4.63. The fourth-order valence-corrected chi connectivity index (χ4v) is 3.12. The van der Waals surface area contributed by atoms with Gasteiger partial charge in [0.25, 0.3) is 0 Å². The minimum Gasteiger partial charge on any atom is -0.396 e. The molecule has 3 rings (SSSR count). The zero-order valence-electron chi connectivity index (χ0n) is 9.51. The first-order valence-corrected chi connectivity index (χ1v) is 7.27. The van der Waals surface area contributed by atoms with Crippen molar-refractivity contribution < 1.29 is 8.99 Å². The first kappa shape index (κ1) is 12.4. The Labute approximate surface area is 117 Å². The zero-order chi connectivity index (χ0) is 12.7. The van der Waals surface area contributed by atoms with Crippen LogP contribution in [0.2, 0.25) is 0 Å². The molecule has 0 aromatic carbocycles. The SMILES string of the molecule is OCC(c1cn(SF)c2ncc(Br)cc12)C1CC1. The predicted octanol–water partition coefficient (Wildman–Crippen LogP) is 3.67. The van der Waals surface area contributed by atoms with E-state index in [9.17, 15) is 8.99 Å². The Morgan fingerprint density at radius 1 is 1.61 bits per heavy atom. The summed E-state index contributed by atoms with van der Waals surface area (Å²) in [5, 5.41) is 10.5. The van der Waals surface area contributed by atoms with E-state index >= 15 is 0 Å². The second kappa shape index (κ2) is 4.83. The lowest BCUT2D eigenvalue weighted by atomic mass is 9.95. The maximum Gasteiger partial charge on any atom is 0.171 e. The van der Waals surface area contributed by atoms with Crippen LogP contribution < -0.4 is 0 Å². The molecule has 96 valence electrons. The van der Waals surface area contributed by atoms with E-state index in [0.29, 0.717) is 11.6 Å². The molecular formula is C12H12BrFN2OS. The number of hydrogen-bond acceptors (Lipinski definition) is 3. The average Bonchev–Trinajstić information content (AvgIpc) is 3.14. The number of hydrogen-bond donors (Lipinski definition) is 1. The highest BCUT2D eigenvalue weighted by molar-refractivity contribution is 9.10. The summed E-state index contributed by atoms with van der Waals surface area (Å²) in [6.45, 7) is 0.104. The number of aromatic nitrogens is 2. The molecule has 2 aromatic heterocycles. The Morgan fingerprint density at radius 2 is 2.39 bits per heavy atom. The van der Waals surface area contributed by atoms with Gasteiger partial charge in [-0.05, 0) is 46.3 Å². The molecule has 0 spiro atoms. The molecule has 0 radical (unpaired) electrons. The summed E-state index contributed by atoms with van der Waals surface area (Å²) in [5.74, 6) is 0.620. The van der Waals surface area contributed by atoms with E-state index in [1.807, 2.05) is 6.07 Å². The number of rotatable bonds is 4. The quantitative estimate of drug-likeness (QED) is 0.929. The van der Waals surface area contributed by atoms with E-state index in [1.54, 1.807) is 12.4 Å². The molecule has 6 heteroatoms. The Kier molecular flexibility index (Phi) is 3.34. The molecule has 1 atom stereocenters. The molecule has 3 nitrogen and oxygen atoms in total. The third kappa shape index (κ3) is 2.06. The van der Waals surface area contributed by atoms with E-state index in [-0.39, 0.29) is 24.9 Å². The smallest absolute Gasteiger partial charge is 0.171 e. The van der Waals surface area contributed by atoms with Gasteiger partial charge in [-0.15, -0.1) is 3.89 Å². The summed E-state index contributed by atoms with van der Waals surface area (Å²) in [5.41, 5.74) is 1.61. The largest absolute Gasteiger partial charge is 0.396 e. The summed E-state index contributed by atoms with van der Waals surface area (Å²) >= 11 is 3.53. The number of pyridine rings is 1. The molecule has 1 aliphatic rings. The Hall–Kier alpha value is -0.590. The van der Waals surface area contributed by atoms with Crippen LogP contribution in [0.1, 0.15) is 24.3 Å². The van der Waals surface area contributed by atoms with Crippen LogP contribution in [0.15, 0.2) is 22.9 Å². The lowest BCUT2D eigenvalue weighted by Gasteiger charge is -2.11. The van der Waals surface area contributed by atoms with Crippen molar-refractivity contribution in [2.45, 2.75) is 18.8 Å². The Balaban J connectivity index is 2.17. The molecule has 0 bridgehead atoms. The number of halogens is 2. The third-order valence-electron chi connectivity index (χ3n) is 3.47. The van der Waals surface area contributed by atoms with Gasteiger partial charge in [-0.3, -0.25) is 0 Å². The summed E-state index contributed by atoms with van der Waals surface area (Å²) in [4.78, 5) is 4.24. The van der Waals surface area contributed by atoms with Gasteiger partial charge in [0.1, 0.15) is 0 Å². The summed E-state index contributed by atoms with van der Waals surface area (Å²) in [6, 6.07) is 1.94. The molecule has 18 heavy (non-hydrogen) atoms. The minimum absolute atomic E-state index is 0.0944. The van der Waals surface area contributed by atoms with Gasteiger partial charge < -0.3 is 5.11 Å². The van der Waals surface area contributed by atoms with Crippen LogP contribution in [0.5, 0.6) is 0 Å². The van der Waals surface area contributed by atoms with Crippen LogP contribution in [0.4, 0.5) is 3.89 Å². The molecule has 1 aliphatic carbocycles. The van der Waals surface area contributed by atoms with Gasteiger partial charge >= 0.3 is 0 Å². The highest BCUT2D eigenvalue weighted by Crippen LogP contribution is 2.45. The van der Waals surface area contributed by atoms with Crippen LogP contribution in [0.25, 0.3) is 11.0 Å². The Bertz CT molecular complexity index is 585. The van der Waals surface area contributed by atoms with Crippen LogP contribution in [-0.4, -0.2) is 20.7 Å². The lowest BCUT2D eigenvalue weighted by molar-refractivity contribution is 0.254. The normalized spacial score (nSPS) is 17.3. The monoisotopic (exact) mass is 330 g/mol. The van der Waals surface area contributed by atoms with Crippen molar-refractivity contribution in [1.29, 1.82) is 0 Å². The van der Waals surface area contributed by atoms with Gasteiger partial charge in [-0.2, -0.15) is 0 Å². The van der Waals surface area contributed by atoms with Crippen molar-refractivity contribution in [3.05, 3.63) is 28.5 Å². The molecular weight excluding hydrogens is 319 g/mol. The lowest BCUT2D eigenvalue weighted by Crippen LogP contribution is -2.05. The van der Waals surface area contributed by atoms with E-state index in [0.717, 1.165) is 28.3 Å². The van der Waals surface area contributed by atoms with Crippen LogP contribution in [-0.2, 0) is 0 Å². The van der Waals surface area contributed by atoms with Crippen molar-refractivity contribution >= 4 is 39.3 Å². The Morgan fingerprint density at radius 3 is 3.00 bits per heavy atom. The van der Waals surface area contributed by atoms with E-state index in [2.05, 4.69) is 20.9 Å². The van der Waals surface area contributed by atoms with E-state index < -0.39 is 0 Å². The second-order valence-corrected chi connectivity index (χ2v) is 6.08. The van der Waals surface area contributed by atoms with E-state index in [4.69, 9.17) is 0 Å². The number of fused-ring (bicyclic) bond motifs is 1. The molecule has 2 heterocycles. The molecule has 0 saturated heterocycles. The van der Waals surface area contributed by atoms with Gasteiger partial charge in [0.2, 0.25) is 0 Å². The first-order chi connectivity index (χ1) is 8.74. The van der Waals surface area contributed by atoms with Gasteiger partial charge in [0.15, 0.2) is 18.0 Å². The van der Waals surface area contributed by atoms with Crippen LogP contribution >= 0.6 is 28.3 Å². The molecule has 0 amide bonds.